The lowest BCUT2D eigenvalue weighted by atomic mass is 10.2. The summed E-state index contributed by atoms with van der Waals surface area (Å²) in [6.45, 7) is 3.70. The molecule has 0 saturated heterocycles. The summed E-state index contributed by atoms with van der Waals surface area (Å²) in [5.74, 6) is -1.30. The first-order chi connectivity index (χ1) is 11.4. The van der Waals surface area contributed by atoms with Crippen LogP contribution in [0.4, 0.5) is 5.82 Å². The number of carboxylic acid groups (broad SMARTS) is 1. The summed E-state index contributed by atoms with van der Waals surface area (Å²) in [6, 6.07) is 3.02. The van der Waals surface area contributed by atoms with E-state index in [1.54, 1.807) is 13.0 Å². The number of hydrogen-bond donors (Lipinski definition) is 2. The van der Waals surface area contributed by atoms with Crippen LogP contribution in [-0.2, 0) is 16.0 Å². The van der Waals surface area contributed by atoms with Gasteiger partial charge in [-0.05, 0) is 19.8 Å². The highest BCUT2D eigenvalue weighted by Crippen LogP contribution is 2.14. The summed E-state index contributed by atoms with van der Waals surface area (Å²) < 4.78 is 1.31. The molecule has 0 bridgehead atoms. The quantitative estimate of drug-likeness (QED) is 0.714. The number of hydrogen-bond acceptors (Lipinski definition) is 6. The SMILES string of the molecule is CCCc1cc(=O)[nH]c(-n2nc(C)cc2NC(=O)CCC(=O)[O-])n1. The van der Waals surface area contributed by atoms with Crippen LogP contribution >= 0.6 is 0 Å². The monoisotopic (exact) mass is 332 g/mol. The second-order valence-corrected chi connectivity index (χ2v) is 5.31. The van der Waals surface area contributed by atoms with Gasteiger partial charge in [0, 0.05) is 30.2 Å². The molecule has 2 aromatic heterocycles. The van der Waals surface area contributed by atoms with Crippen molar-refractivity contribution in [3.8, 4) is 5.95 Å². The third-order valence-electron chi connectivity index (χ3n) is 3.14. The van der Waals surface area contributed by atoms with Gasteiger partial charge >= 0.3 is 0 Å². The molecular formula is C15H18N5O4-. The van der Waals surface area contributed by atoms with Crippen molar-refractivity contribution in [3.63, 3.8) is 0 Å². The average Bonchev–Trinajstić information content (AvgIpc) is 2.85. The number of aromatic nitrogens is 4. The molecule has 9 heteroatoms. The van der Waals surface area contributed by atoms with Crippen LogP contribution in [0.5, 0.6) is 0 Å². The number of carboxylic acids is 1. The summed E-state index contributed by atoms with van der Waals surface area (Å²) in [7, 11) is 0. The second-order valence-electron chi connectivity index (χ2n) is 5.31. The molecule has 0 aliphatic heterocycles. The van der Waals surface area contributed by atoms with Crippen molar-refractivity contribution in [2.75, 3.05) is 5.32 Å². The Morgan fingerprint density at radius 1 is 1.33 bits per heavy atom. The van der Waals surface area contributed by atoms with Crippen LogP contribution in [0.25, 0.3) is 5.95 Å². The smallest absolute Gasteiger partial charge is 0.252 e. The number of aryl methyl sites for hydroxylation is 2. The molecule has 0 aliphatic carbocycles. The maximum Gasteiger partial charge on any atom is 0.252 e. The van der Waals surface area contributed by atoms with Gasteiger partial charge in [0.05, 0.1) is 5.69 Å². The Morgan fingerprint density at radius 2 is 2.08 bits per heavy atom. The van der Waals surface area contributed by atoms with E-state index >= 15 is 0 Å². The Morgan fingerprint density at radius 3 is 2.75 bits per heavy atom. The van der Waals surface area contributed by atoms with Gasteiger partial charge in [0.15, 0.2) is 0 Å². The maximum atomic E-state index is 11.8. The summed E-state index contributed by atoms with van der Waals surface area (Å²) >= 11 is 0. The van der Waals surface area contributed by atoms with Crippen LogP contribution in [-0.4, -0.2) is 31.6 Å². The molecule has 0 atom stereocenters. The summed E-state index contributed by atoms with van der Waals surface area (Å²) in [5.41, 5.74) is 0.915. The zero-order valence-electron chi connectivity index (χ0n) is 13.5. The van der Waals surface area contributed by atoms with Crippen molar-refractivity contribution < 1.29 is 14.7 Å². The standard InChI is InChI=1S/C15H19N5O4/c1-3-4-10-8-13(22)18-15(16-10)20-11(7-9(2)19-20)17-12(21)5-6-14(23)24/h7-8H,3-6H2,1-2H3,(H,17,21)(H,23,24)(H,16,18,22)/p-1. The molecule has 2 N–H and O–H groups in total. The molecule has 0 aliphatic rings. The highest BCUT2D eigenvalue weighted by Gasteiger charge is 2.13. The predicted molar refractivity (Wildman–Crippen MR) is 83.6 cm³/mol. The highest BCUT2D eigenvalue weighted by atomic mass is 16.4. The van der Waals surface area contributed by atoms with Crippen LogP contribution in [0, 0.1) is 6.92 Å². The van der Waals surface area contributed by atoms with Gasteiger partial charge in [-0.1, -0.05) is 13.3 Å². The van der Waals surface area contributed by atoms with E-state index in [0.29, 0.717) is 23.6 Å². The molecule has 2 rings (SSSR count). The number of rotatable bonds is 7. The van der Waals surface area contributed by atoms with Gasteiger partial charge in [0.25, 0.3) is 5.56 Å². The van der Waals surface area contributed by atoms with Gasteiger partial charge in [0.2, 0.25) is 11.9 Å². The minimum absolute atomic E-state index is 0.189. The van der Waals surface area contributed by atoms with Gasteiger partial charge in [0.1, 0.15) is 5.82 Å². The van der Waals surface area contributed by atoms with Crippen LogP contribution in [0.15, 0.2) is 16.9 Å². The van der Waals surface area contributed by atoms with Crippen LogP contribution < -0.4 is 16.0 Å². The first-order valence-corrected chi connectivity index (χ1v) is 7.56. The van der Waals surface area contributed by atoms with Gasteiger partial charge in [-0.15, -0.1) is 0 Å². The number of H-pyrrole nitrogens is 1. The van der Waals surface area contributed by atoms with E-state index in [1.807, 2.05) is 6.92 Å². The van der Waals surface area contributed by atoms with Gasteiger partial charge in [-0.2, -0.15) is 9.78 Å². The van der Waals surface area contributed by atoms with Crippen LogP contribution in [0.2, 0.25) is 0 Å². The number of aromatic amines is 1. The van der Waals surface area contributed by atoms with Gasteiger partial charge in [-0.3, -0.25) is 14.6 Å². The molecule has 0 unspecified atom stereocenters. The van der Waals surface area contributed by atoms with E-state index in [1.165, 1.54) is 10.7 Å². The number of anilines is 1. The molecule has 24 heavy (non-hydrogen) atoms. The van der Waals surface area contributed by atoms with Crippen molar-refractivity contribution in [1.82, 2.24) is 19.7 Å². The van der Waals surface area contributed by atoms with Crippen LogP contribution in [0.3, 0.4) is 0 Å². The number of nitrogens with one attached hydrogen (secondary N) is 2. The first-order valence-electron chi connectivity index (χ1n) is 7.56. The maximum absolute atomic E-state index is 11.8. The Labute approximate surface area is 137 Å². The Hall–Kier alpha value is -2.97. The molecule has 0 fully saturated rings. The molecule has 2 aromatic rings. The molecule has 0 aromatic carbocycles. The largest absolute Gasteiger partial charge is 0.550 e. The molecule has 0 spiro atoms. The molecule has 1 amide bonds. The third-order valence-corrected chi connectivity index (χ3v) is 3.14. The van der Waals surface area contributed by atoms with E-state index in [0.717, 1.165) is 6.42 Å². The van der Waals surface area contributed by atoms with Crippen LogP contribution in [0.1, 0.15) is 37.6 Å². The van der Waals surface area contributed by atoms with Crippen molar-refractivity contribution in [1.29, 1.82) is 0 Å². The summed E-state index contributed by atoms with van der Waals surface area (Å²) in [4.78, 5) is 40.9. The van der Waals surface area contributed by atoms with E-state index in [9.17, 15) is 19.5 Å². The number of amides is 1. The predicted octanol–water partition coefficient (Wildman–Crippen LogP) is -0.315. The molecule has 0 radical (unpaired) electrons. The normalized spacial score (nSPS) is 10.6. The number of carbonyl (C=O) groups excluding carboxylic acids is 2. The molecular weight excluding hydrogens is 314 g/mol. The Bertz CT molecular complexity index is 808. The lowest BCUT2D eigenvalue weighted by molar-refractivity contribution is -0.305. The lowest BCUT2D eigenvalue weighted by Crippen LogP contribution is -2.25. The lowest BCUT2D eigenvalue weighted by Gasteiger charge is -2.09. The minimum Gasteiger partial charge on any atom is -0.550 e. The zero-order valence-corrected chi connectivity index (χ0v) is 13.5. The van der Waals surface area contributed by atoms with Crippen molar-refractivity contribution in [3.05, 3.63) is 33.9 Å². The van der Waals surface area contributed by atoms with Crippen molar-refractivity contribution in [2.24, 2.45) is 0 Å². The molecule has 9 nitrogen and oxygen atoms in total. The third kappa shape index (κ3) is 4.51. The second kappa shape index (κ2) is 7.53. The fourth-order valence-corrected chi connectivity index (χ4v) is 2.15. The van der Waals surface area contributed by atoms with Gasteiger partial charge < -0.3 is 15.2 Å². The summed E-state index contributed by atoms with van der Waals surface area (Å²) in [5, 5.41) is 17.2. The topological polar surface area (TPSA) is 133 Å². The minimum atomic E-state index is -1.30. The average molecular weight is 332 g/mol. The van der Waals surface area contributed by atoms with E-state index in [-0.39, 0.29) is 24.3 Å². The van der Waals surface area contributed by atoms with Gasteiger partial charge in [-0.25, -0.2) is 4.98 Å². The zero-order chi connectivity index (χ0) is 17.7. The fraction of sp³-hybridized carbons (Fsp3) is 0.400. The summed E-state index contributed by atoms with van der Waals surface area (Å²) in [6.07, 6.45) is 0.887. The molecule has 128 valence electrons. The number of nitrogens with zero attached hydrogens (tertiary/aromatic N) is 3. The molecule has 2 heterocycles. The highest BCUT2D eigenvalue weighted by molar-refractivity contribution is 5.91. The number of carbonyl (C=O) groups is 2. The van der Waals surface area contributed by atoms with E-state index in [4.69, 9.17) is 0 Å². The van der Waals surface area contributed by atoms with Crippen molar-refractivity contribution in [2.45, 2.75) is 39.5 Å². The number of aliphatic carboxylic acids is 1. The van der Waals surface area contributed by atoms with Crippen molar-refractivity contribution >= 4 is 17.7 Å². The fourth-order valence-electron chi connectivity index (χ4n) is 2.15. The Balaban J connectivity index is 2.30. The Kier molecular flexibility index (Phi) is 5.46. The first kappa shape index (κ1) is 17.4. The van der Waals surface area contributed by atoms with E-state index in [2.05, 4.69) is 20.4 Å². The van der Waals surface area contributed by atoms with E-state index < -0.39 is 11.9 Å². The molecule has 0 saturated carbocycles.